The summed E-state index contributed by atoms with van der Waals surface area (Å²) in [6.45, 7) is 2.03. The second kappa shape index (κ2) is 4.41. The number of hydrogen-bond donors (Lipinski definition) is 1. The van der Waals surface area contributed by atoms with Crippen molar-refractivity contribution in [2.45, 2.75) is 45.1 Å². The van der Waals surface area contributed by atoms with Crippen LogP contribution in [0.25, 0.3) is 0 Å². The molecular weight excluding hydrogens is 194 g/mol. The number of aliphatic hydroxyl groups excluding tert-OH is 1. The van der Waals surface area contributed by atoms with Crippen molar-refractivity contribution in [3.05, 3.63) is 16.1 Å². The molecule has 2 nitrogen and oxygen atoms in total. The highest BCUT2D eigenvalue weighted by molar-refractivity contribution is 7.09. The summed E-state index contributed by atoms with van der Waals surface area (Å²) < 4.78 is 0. The molecule has 0 aromatic carbocycles. The molecule has 78 valence electrons. The zero-order valence-electron chi connectivity index (χ0n) is 8.57. The molecule has 1 aliphatic rings. The number of aliphatic hydroxyl groups is 1. The number of aryl methyl sites for hydroxylation is 1. The molecule has 2 unspecified atom stereocenters. The highest BCUT2D eigenvalue weighted by atomic mass is 32.1. The molecule has 1 N–H and O–H groups in total. The summed E-state index contributed by atoms with van der Waals surface area (Å²) in [4.78, 5) is 4.45. The summed E-state index contributed by atoms with van der Waals surface area (Å²) in [7, 11) is 0. The molecule has 0 amide bonds. The Morgan fingerprint density at radius 2 is 2.29 bits per heavy atom. The van der Waals surface area contributed by atoms with E-state index < -0.39 is 0 Å². The van der Waals surface area contributed by atoms with Gasteiger partial charge in [-0.3, -0.25) is 0 Å². The zero-order valence-corrected chi connectivity index (χ0v) is 9.39. The highest BCUT2D eigenvalue weighted by Gasteiger charge is 2.23. The lowest BCUT2D eigenvalue weighted by atomic mass is 9.84. The number of rotatable bonds is 2. The van der Waals surface area contributed by atoms with Crippen molar-refractivity contribution in [3.63, 3.8) is 0 Å². The Balaban J connectivity index is 1.95. The van der Waals surface area contributed by atoms with Gasteiger partial charge >= 0.3 is 0 Å². The predicted molar refractivity (Wildman–Crippen MR) is 58.5 cm³/mol. The van der Waals surface area contributed by atoms with Gasteiger partial charge in [-0.2, -0.15) is 0 Å². The molecule has 14 heavy (non-hydrogen) atoms. The predicted octanol–water partition coefficient (Wildman–Crippen LogP) is 2.55. The van der Waals surface area contributed by atoms with Crippen LogP contribution in [0.4, 0.5) is 0 Å². The Kier molecular flexibility index (Phi) is 3.19. The highest BCUT2D eigenvalue weighted by Crippen LogP contribution is 2.28. The molecule has 3 heteroatoms. The third-order valence-electron chi connectivity index (χ3n) is 2.97. The van der Waals surface area contributed by atoms with E-state index in [4.69, 9.17) is 0 Å². The fourth-order valence-electron chi connectivity index (χ4n) is 2.15. The fourth-order valence-corrected chi connectivity index (χ4v) is 3.01. The topological polar surface area (TPSA) is 33.1 Å². The van der Waals surface area contributed by atoms with Crippen LogP contribution in [0.5, 0.6) is 0 Å². The minimum Gasteiger partial charge on any atom is -0.393 e. The summed E-state index contributed by atoms with van der Waals surface area (Å²) >= 11 is 1.72. The number of thiazole rings is 1. The first-order valence-corrected chi connectivity index (χ1v) is 6.23. The normalized spacial score (nSPS) is 27.9. The maximum Gasteiger partial charge on any atom is 0.0931 e. The molecule has 1 fully saturated rings. The smallest absolute Gasteiger partial charge is 0.0931 e. The molecule has 0 bridgehead atoms. The van der Waals surface area contributed by atoms with Crippen molar-refractivity contribution in [1.82, 2.24) is 4.98 Å². The van der Waals surface area contributed by atoms with Crippen molar-refractivity contribution in [1.29, 1.82) is 0 Å². The molecule has 0 aliphatic heterocycles. The fraction of sp³-hybridized carbons (Fsp3) is 0.727. The van der Waals surface area contributed by atoms with Gasteiger partial charge < -0.3 is 5.11 Å². The zero-order chi connectivity index (χ0) is 9.97. The third-order valence-corrected chi connectivity index (χ3v) is 3.96. The van der Waals surface area contributed by atoms with Crippen LogP contribution < -0.4 is 0 Å². The van der Waals surface area contributed by atoms with Crippen LogP contribution in [0.3, 0.4) is 0 Å². The SMILES string of the molecule is Cc1csc(CC2CCCCC2O)n1. The molecular formula is C11H17NOS. The molecule has 1 heterocycles. The van der Waals surface area contributed by atoms with Crippen molar-refractivity contribution < 1.29 is 5.11 Å². The van der Waals surface area contributed by atoms with Gasteiger partial charge in [-0.15, -0.1) is 11.3 Å². The maximum absolute atomic E-state index is 9.81. The lowest BCUT2D eigenvalue weighted by Gasteiger charge is -2.26. The molecule has 1 aromatic rings. The van der Waals surface area contributed by atoms with Crippen LogP contribution in [-0.4, -0.2) is 16.2 Å². The van der Waals surface area contributed by atoms with E-state index in [9.17, 15) is 5.11 Å². The summed E-state index contributed by atoms with van der Waals surface area (Å²) in [6.07, 6.45) is 5.49. The second-order valence-electron chi connectivity index (χ2n) is 4.20. The van der Waals surface area contributed by atoms with Crippen LogP contribution in [0.15, 0.2) is 5.38 Å². The number of aromatic nitrogens is 1. The first kappa shape index (κ1) is 10.1. The minimum atomic E-state index is -0.0899. The van der Waals surface area contributed by atoms with Crippen LogP contribution in [0.1, 0.15) is 36.4 Å². The van der Waals surface area contributed by atoms with Crippen molar-refractivity contribution in [2.75, 3.05) is 0 Å². The molecule has 2 rings (SSSR count). The molecule has 1 aliphatic carbocycles. The van der Waals surface area contributed by atoms with E-state index >= 15 is 0 Å². The summed E-state index contributed by atoms with van der Waals surface area (Å²) in [6, 6.07) is 0. The minimum absolute atomic E-state index is 0.0899. The molecule has 0 spiro atoms. The Bertz CT molecular complexity index is 297. The van der Waals surface area contributed by atoms with E-state index in [0.717, 1.165) is 18.5 Å². The van der Waals surface area contributed by atoms with Gasteiger partial charge in [-0.05, 0) is 25.7 Å². The second-order valence-corrected chi connectivity index (χ2v) is 5.14. The average Bonchev–Trinajstić information content (AvgIpc) is 2.56. The van der Waals surface area contributed by atoms with Gasteiger partial charge in [0, 0.05) is 17.5 Å². The van der Waals surface area contributed by atoms with Crippen LogP contribution in [-0.2, 0) is 6.42 Å². The van der Waals surface area contributed by atoms with Gasteiger partial charge in [0.2, 0.25) is 0 Å². The first-order chi connectivity index (χ1) is 6.75. The van der Waals surface area contributed by atoms with Gasteiger partial charge in [0.05, 0.1) is 11.1 Å². The maximum atomic E-state index is 9.81. The van der Waals surface area contributed by atoms with E-state index in [-0.39, 0.29) is 6.10 Å². The van der Waals surface area contributed by atoms with E-state index in [1.807, 2.05) is 6.92 Å². The summed E-state index contributed by atoms with van der Waals surface area (Å²) in [5, 5.41) is 13.1. The molecule has 2 atom stereocenters. The van der Waals surface area contributed by atoms with E-state index in [1.54, 1.807) is 11.3 Å². The van der Waals surface area contributed by atoms with Gasteiger partial charge in [0.1, 0.15) is 0 Å². The van der Waals surface area contributed by atoms with Gasteiger partial charge in [-0.1, -0.05) is 12.8 Å². The van der Waals surface area contributed by atoms with Crippen LogP contribution in [0.2, 0.25) is 0 Å². The lowest BCUT2D eigenvalue weighted by molar-refractivity contribution is 0.0700. The number of nitrogens with zero attached hydrogens (tertiary/aromatic N) is 1. The van der Waals surface area contributed by atoms with E-state index in [1.165, 1.54) is 24.3 Å². The first-order valence-electron chi connectivity index (χ1n) is 5.35. The van der Waals surface area contributed by atoms with Crippen molar-refractivity contribution >= 4 is 11.3 Å². The Morgan fingerprint density at radius 3 is 2.93 bits per heavy atom. The third kappa shape index (κ3) is 2.34. The summed E-state index contributed by atoms with van der Waals surface area (Å²) in [5.74, 6) is 0.453. The monoisotopic (exact) mass is 211 g/mol. The quantitative estimate of drug-likeness (QED) is 0.815. The average molecular weight is 211 g/mol. The standard InChI is InChI=1S/C11H17NOS/c1-8-7-14-11(12-8)6-9-4-2-3-5-10(9)13/h7,9-10,13H,2-6H2,1H3. The molecule has 1 saturated carbocycles. The van der Waals surface area contributed by atoms with E-state index in [0.29, 0.717) is 5.92 Å². The molecule has 1 aromatic heterocycles. The molecule has 0 radical (unpaired) electrons. The van der Waals surface area contributed by atoms with Gasteiger partial charge in [0.25, 0.3) is 0 Å². The largest absolute Gasteiger partial charge is 0.393 e. The van der Waals surface area contributed by atoms with Crippen LogP contribution >= 0.6 is 11.3 Å². The Morgan fingerprint density at radius 1 is 1.50 bits per heavy atom. The Hall–Kier alpha value is -0.410. The Labute approximate surface area is 89.0 Å². The lowest BCUT2D eigenvalue weighted by Crippen LogP contribution is -2.26. The van der Waals surface area contributed by atoms with Gasteiger partial charge in [-0.25, -0.2) is 4.98 Å². The van der Waals surface area contributed by atoms with Crippen molar-refractivity contribution in [3.8, 4) is 0 Å². The number of hydrogen-bond acceptors (Lipinski definition) is 3. The van der Waals surface area contributed by atoms with E-state index in [2.05, 4.69) is 10.4 Å². The van der Waals surface area contributed by atoms with Crippen molar-refractivity contribution in [2.24, 2.45) is 5.92 Å². The van der Waals surface area contributed by atoms with Gasteiger partial charge in [0.15, 0.2) is 0 Å². The summed E-state index contributed by atoms with van der Waals surface area (Å²) in [5.41, 5.74) is 1.11. The molecule has 0 saturated heterocycles. The van der Waals surface area contributed by atoms with Crippen LogP contribution in [0, 0.1) is 12.8 Å².